The van der Waals surface area contributed by atoms with Crippen LogP contribution in [0.5, 0.6) is 0 Å². The van der Waals surface area contributed by atoms with Crippen LogP contribution in [0.1, 0.15) is 112 Å². The third-order valence-corrected chi connectivity index (χ3v) is 11.0. The smallest absolute Gasteiger partial charge is 0.416 e. The highest BCUT2D eigenvalue weighted by Gasteiger charge is 2.45. The fourth-order valence-electron chi connectivity index (χ4n) is 5.62. The van der Waals surface area contributed by atoms with Gasteiger partial charge in [0.15, 0.2) is 0 Å². The lowest BCUT2D eigenvalue weighted by Crippen LogP contribution is -2.43. The van der Waals surface area contributed by atoms with E-state index in [0.29, 0.717) is 12.1 Å². The van der Waals surface area contributed by atoms with Crippen molar-refractivity contribution >= 4 is 16.9 Å². The predicted octanol–water partition coefficient (Wildman–Crippen LogP) is 6.67. The summed E-state index contributed by atoms with van der Waals surface area (Å²) in [6.07, 6.45) is 19.0. The second-order valence-corrected chi connectivity index (χ2v) is 12.4. The van der Waals surface area contributed by atoms with Crippen molar-refractivity contribution in [1.29, 1.82) is 0 Å². The van der Waals surface area contributed by atoms with E-state index in [1.54, 1.807) is 77.0 Å². The Morgan fingerprint density at radius 1 is 0.688 bits per heavy atom. The fourth-order valence-corrected chi connectivity index (χ4v) is 9.89. The van der Waals surface area contributed by atoms with Crippen LogP contribution in [0, 0.1) is 0 Å². The van der Waals surface area contributed by atoms with Crippen LogP contribution in [0.15, 0.2) is 24.3 Å². The zero-order valence-electron chi connectivity index (χ0n) is 19.0. The quantitative estimate of drug-likeness (QED) is 0.461. The molecule has 0 atom stereocenters. The Hall–Kier alpha value is -1.17. The summed E-state index contributed by atoms with van der Waals surface area (Å²) < 4.78 is 35.9. The number of carbonyl (C=O) groups excluding carboxylic acids is 1. The van der Waals surface area contributed by atoms with Crippen LogP contribution in [-0.2, 0) is 17.1 Å². The molecule has 32 heavy (non-hydrogen) atoms. The van der Waals surface area contributed by atoms with Crippen LogP contribution in [0.3, 0.4) is 0 Å². The molecule has 0 aliphatic heterocycles. The molecule has 0 spiro atoms. The van der Waals surface area contributed by atoms with Gasteiger partial charge in [-0.3, -0.25) is 0 Å². The first-order valence-corrected chi connectivity index (χ1v) is 13.9. The molecular formula is C26H37F3O2S. The molecule has 0 bridgehead atoms. The molecule has 1 aromatic carbocycles. The van der Waals surface area contributed by atoms with Gasteiger partial charge in [0, 0.05) is 0 Å². The normalized spacial score (nSPS) is 21.8. The number of aromatic carboxylic acids is 1. The average molecular weight is 471 g/mol. The number of carboxylic acid groups (broad SMARTS) is 1. The summed E-state index contributed by atoms with van der Waals surface area (Å²) in [5.74, 6) is -1.49. The molecule has 4 rings (SSSR count). The lowest BCUT2D eigenvalue weighted by Gasteiger charge is -2.36. The van der Waals surface area contributed by atoms with E-state index in [0.717, 1.165) is 38.8 Å². The zero-order chi connectivity index (χ0) is 23.0. The van der Waals surface area contributed by atoms with Crippen molar-refractivity contribution in [1.82, 2.24) is 0 Å². The highest BCUT2D eigenvalue weighted by molar-refractivity contribution is 7.98. The van der Waals surface area contributed by atoms with Crippen molar-refractivity contribution in [3.63, 3.8) is 0 Å². The van der Waals surface area contributed by atoms with Crippen molar-refractivity contribution in [2.45, 2.75) is 118 Å². The van der Waals surface area contributed by atoms with Crippen LogP contribution in [0.2, 0.25) is 0 Å². The highest BCUT2D eigenvalue weighted by Crippen LogP contribution is 2.40. The SMILES string of the molecule is C1CCC([S+](C2CCCCC2)C2CCCCC2)CC1.O=C([O-])c1ccc(C(F)(F)F)cc1. The highest BCUT2D eigenvalue weighted by atomic mass is 32.2. The maximum Gasteiger partial charge on any atom is 0.416 e. The molecule has 3 aliphatic carbocycles. The van der Waals surface area contributed by atoms with Gasteiger partial charge in [-0.25, -0.2) is 0 Å². The van der Waals surface area contributed by atoms with Crippen LogP contribution < -0.4 is 5.11 Å². The van der Waals surface area contributed by atoms with E-state index >= 15 is 0 Å². The van der Waals surface area contributed by atoms with Gasteiger partial charge in [-0.1, -0.05) is 31.4 Å². The molecule has 3 aliphatic rings. The van der Waals surface area contributed by atoms with Crippen LogP contribution in [-0.4, -0.2) is 21.7 Å². The Morgan fingerprint density at radius 3 is 1.31 bits per heavy atom. The minimum absolute atomic E-state index is 0.270. The van der Waals surface area contributed by atoms with E-state index in [1.165, 1.54) is 19.3 Å². The zero-order valence-corrected chi connectivity index (χ0v) is 19.8. The Bertz CT molecular complexity index is 643. The van der Waals surface area contributed by atoms with E-state index in [9.17, 15) is 23.1 Å². The fraction of sp³-hybridized carbons (Fsp3) is 0.731. The molecule has 0 amide bonds. The second-order valence-electron chi connectivity index (χ2n) is 9.55. The molecule has 3 saturated carbocycles. The van der Waals surface area contributed by atoms with E-state index < -0.39 is 17.7 Å². The van der Waals surface area contributed by atoms with Gasteiger partial charge in [0.1, 0.15) is 15.7 Å². The first-order chi connectivity index (χ1) is 15.4. The Kier molecular flexibility index (Phi) is 9.81. The van der Waals surface area contributed by atoms with Crippen molar-refractivity contribution in [2.24, 2.45) is 0 Å². The summed E-state index contributed by atoms with van der Waals surface area (Å²) in [6.45, 7) is 0. The number of hydrogen-bond acceptors (Lipinski definition) is 2. The Morgan fingerprint density at radius 2 is 1.03 bits per heavy atom. The van der Waals surface area contributed by atoms with Crippen molar-refractivity contribution in [2.75, 3.05) is 0 Å². The molecule has 3 fully saturated rings. The third-order valence-electron chi connectivity index (χ3n) is 7.26. The average Bonchev–Trinajstić information content (AvgIpc) is 2.81. The predicted molar refractivity (Wildman–Crippen MR) is 124 cm³/mol. The number of carboxylic acids is 1. The monoisotopic (exact) mass is 470 g/mol. The summed E-state index contributed by atoms with van der Waals surface area (Å²) >= 11 is 0. The van der Waals surface area contributed by atoms with Gasteiger partial charge in [-0.2, -0.15) is 13.2 Å². The molecular weight excluding hydrogens is 433 g/mol. The number of halogens is 3. The van der Waals surface area contributed by atoms with E-state index in [1.807, 2.05) is 0 Å². The first kappa shape index (κ1) is 25.5. The van der Waals surface area contributed by atoms with Gasteiger partial charge in [-0.05, 0) is 106 Å². The minimum atomic E-state index is -4.44. The van der Waals surface area contributed by atoms with E-state index in [2.05, 4.69) is 0 Å². The summed E-state index contributed by atoms with van der Waals surface area (Å²) in [6, 6.07) is 3.12. The van der Waals surface area contributed by atoms with Crippen LogP contribution in [0.25, 0.3) is 0 Å². The van der Waals surface area contributed by atoms with Gasteiger partial charge >= 0.3 is 6.18 Å². The summed E-state index contributed by atoms with van der Waals surface area (Å²) in [7, 11) is 0.816. The Labute approximate surface area is 193 Å². The molecule has 0 heterocycles. The summed E-state index contributed by atoms with van der Waals surface area (Å²) in [4.78, 5) is 10.2. The molecule has 180 valence electrons. The van der Waals surface area contributed by atoms with E-state index in [4.69, 9.17) is 0 Å². The summed E-state index contributed by atoms with van der Waals surface area (Å²) in [5, 5.41) is 13.6. The lowest BCUT2D eigenvalue weighted by molar-refractivity contribution is -0.255. The topological polar surface area (TPSA) is 40.1 Å². The maximum atomic E-state index is 12.0. The van der Waals surface area contributed by atoms with Gasteiger partial charge in [0.2, 0.25) is 0 Å². The van der Waals surface area contributed by atoms with E-state index in [-0.39, 0.29) is 5.56 Å². The molecule has 0 N–H and O–H groups in total. The minimum Gasteiger partial charge on any atom is -0.545 e. The number of rotatable bonds is 4. The van der Waals surface area contributed by atoms with Gasteiger partial charge in [0.25, 0.3) is 0 Å². The van der Waals surface area contributed by atoms with Gasteiger partial charge in [-0.15, -0.1) is 0 Å². The number of hydrogen-bond donors (Lipinski definition) is 0. The molecule has 0 radical (unpaired) electrons. The van der Waals surface area contributed by atoms with Gasteiger partial charge in [0.05, 0.1) is 11.5 Å². The second kappa shape index (κ2) is 12.3. The van der Waals surface area contributed by atoms with Crippen molar-refractivity contribution < 1.29 is 23.1 Å². The number of carbonyl (C=O) groups is 1. The van der Waals surface area contributed by atoms with Crippen LogP contribution in [0.4, 0.5) is 13.2 Å². The third kappa shape index (κ3) is 7.43. The lowest BCUT2D eigenvalue weighted by atomic mass is 9.99. The van der Waals surface area contributed by atoms with Gasteiger partial charge < -0.3 is 9.90 Å². The molecule has 6 heteroatoms. The number of benzene rings is 1. The largest absolute Gasteiger partial charge is 0.545 e. The van der Waals surface area contributed by atoms with Crippen LogP contribution >= 0.6 is 0 Å². The first-order valence-electron chi connectivity index (χ1n) is 12.5. The molecule has 0 saturated heterocycles. The maximum absolute atomic E-state index is 12.0. The molecule has 2 nitrogen and oxygen atoms in total. The molecule has 0 unspecified atom stereocenters. The van der Waals surface area contributed by atoms with Crippen molar-refractivity contribution in [3.8, 4) is 0 Å². The molecule has 1 aromatic rings. The molecule has 0 aromatic heterocycles. The standard InChI is InChI=1S/C18H33S.C8H5F3O2/c1-4-10-16(11-5-1)19(17-12-6-2-7-13-17)18-14-8-3-9-15-18;9-8(10,11)6-3-1-5(2-4-6)7(12)13/h16-18H,1-15H2;1-4H,(H,12,13)/q+1;/p-1. The Balaban J connectivity index is 0.000000195. The van der Waals surface area contributed by atoms with Crippen molar-refractivity contribution in [3.05, 3.63) is 35.4 Å². The summed E-state index contributed by atoms with van der Waals surface area (Å²) in [5.41, 5.74) is -1.15. The number of alkyl halides is 3.